The van der Waals surface area contributed by atoms with Crippen molar-refractivity contribution in [2.75, 3.05) is 4.31 Å². The van der Waals surface area contributed by atoms with Crippen LogP contribution in [0, 0.1) is 5.82 Å². The highest BCUT2D eigenvalue weighted by Gasteiger charge is 2.36. The molecule has 0 aliphatic heterocycles. The maximum Gasteiger partial charge on any atom is 0.246 e. The Bertz CT molecular complexity index is 1010. The predicted molar refractivity (Wildman–Crippen MR) is 121 cm³/mol. The van der Waals surface area contributed by atoms with Crippen molar-refractivity contribution < 1.29 is 17.6 Å². The van der Waals surface area contributed by atoms with Crippen LogP contribution in [0.1, 0.15) is 37.0 Å². The van der Waals surface area contributed by atoms with Crippen LogP contribution in [0.15, 0.2) is 55.1 Å². The third kappa shape index (κ3) is 5.97. The first-order valence-corrected chi connectivity index (χ1v) is 11.8. The minimum absolute atomic E-state index is 0.0832. The first-order chi connectivity index (χ1) is 14.1. The van der Waals surface area contributed by atoms with E-state index in [-0.39, 0.29) is 23.6 Å². The molecule has 9 heteroatoms. The molecule has 0 fully saturated rings. The molecule has 0 heterocycles. The van der Waals surface area contributed by atoms with Gasteiger partial charge < -0.3 is 0 Å². The van der Waals surface area contributed by atoms with Crippen LogP contribution < -0.4 is 4.31 Å². The molecule has 1 unspecified atom stereocenters. The van der Waals surface area contributed by atoms with Crippen LogP contribution in [-0.2, 0) is 14.8 Å². The van der Waals surface area contributed by atoms with Gasteiger partial charge in [0.1, 0.15) is 11.1 Å². The van der Waals surface area contributed by atoms with Gasteiger partial charge in [-0.1, -0.05) is 41.4 Å². The molecule has 0 aromatic heterocycles. The summed E-state index contributed by atoms with van der Waals surface area (Å²) in [6.07, 6.45) is 1.99. The highest BCUT2D eigenvalue weighted by molar-refractivity contribution is 7.93. The molecule has 0 saturated heterocycles. The Labute approximate surface area is 191 Å². The number of carbonyl (C=O) groups excluding carboxylic acids is 1. The van der Waals surface area contributed by atoms with Gasteiger partial charge in [-0.3, -0.25) is 9.10 Å². The van der Waals surface area contributed by atoms with E-state index >= 15 is 0 Å². The standard InChI is InChI=1S/C21H21Cl3FNO3S/c1-3-20(15-7-9-16(22)10-8-15)30(28,29)26(14(2)5-4-6-21(24)27)19-13-17(23)11-12-18(19)25/h3,7-14,20H,1,4-6H2,2H3/t14-,20?/m1/s1. The molecule has 0 saturated carbocycles. The Balaban J connectivity index is 2.55. The van der Waals surface area contributed by atoms with Crippen molar-refractivity contribution >= 4 is 55.8 Å². The number of hydrogen-bond acceptors (Lipinski definition) is 3. The summed E-state index contributed by atoms with van der Waals surface area (Å²) in [4.78, 5) is 11.1. The molecule has 4 nitrogen and oxygen atoms in total. The van der Waals surface area contributed by atoms with E-state index in [2.05, 4.69) is 6.58 Å². The Kier molecular flexibility index (Phi) is 8.73. The van der Waals surface area contributed by atoms with E-state index in [1.165, 1.54) is 18.2 Å². The lowest BCUT2D eigenvalue weighted by atomic mass is 10.1. The van der Waals surface area contributed by atoms with Gasteiger partial charge >= 0.3 is 0 Å². The number of benzene rings is 2. The molecule has 0 amide bonds. The Morgan fingerprint density at radius 2 is 1.77 bits per heavy atom. The van der Waals surface area contributed by atoms with Crippen molar-refractivity contribution in [3.05, 3.63) is 76.5 Å². The summed E-state index contributed by atoms with van der Waals surface area (Å²) < 4.78 is 43.0. The summed E-state index contributed by atoms with van der Waals surface area (Å²) in [5, 5.41) is -1.02. The minimum Gasteiger partial charge on any atom is -0.281 e. The fraction of sp³-hybridized carbons (Fsp3) is 0.286. The van der Waals surface area contributed by atoms with Gasteiger partial charge in [-0.2, -0.15) is 0 Å². The van der Waals surface area contributed by atoms with Crippen molar-refractivity contribution in [3.8, 4) is 0 Å². The van der Waals surface area contributed by atoms with E-state index in [0.29, 0.717) is 17.0 Å². The smallest absolute Gasteiger partial charge is 0.246 e. The quantitative estimate of drug-likeness (QED) is 0.280. The van der Waals surface area contributed by atoms with Gasteiger partial charge in [0.2, 0.25) is 15.3 Å². The first-order valence-electron chi connectivity index (χ1n) is 9.12. The van der Waals surface area contributed by atoms with E-state index in [1.807, 2.05) is 0 Å². The van der Waals surface area contributed by atoms with Crippen LogP contribution in [0.4, 0.5) is 10.1 Å². The van der Waals surface area contributed by atoms with E-state index in [4.69, 9.17) is 34.8 Å². The average Bonchev–Trinajstić information content (AvgIpc) is 2.66. The van der Waals surface area contributed by atoms with Crippen LogP contribution in [-0.4, -0.2) is 19.7 Å². The third-order valence-corrected chi connectivity index (χ3v) is 7.44. The second-order valence-corrected chi connectivity index (χ2v) is 9.97. The van der Waals surface area contributed by atoms with Gasteiger partial charge in [0.25, 0.3) is 0 Å². The van der Waals surface area contributed by atoms with E-state index in [9.17, 15) is 17.6 Å². The highest BCUT2D eigenvalue weighted by Crippen LogP contribution is 2.36. The molecule has 2 atom stereocenters. The number of carbonyl (C=O) groups is 1. The third-order valence-electron chi connectivity index (χ3n) is 4.55. The Morgan fingerprint density at radius 1 is 1.17 bits per heavy atom. The lowest BCUT2D eigenvalue weighted by Crippen LogP contribution is -2.41. The summed E-state index contributed by atoms with van der Waals surface area (Å²) in [6.45, 7) is 5.30. The largest absolute Gasteiger partial charge is 0.281 e. The molecule has 0 radical (unpaired) electrons. The maximum atomic E-state index is 14.7. The fourth-order valence-electron chi connectivity index (χ4n) is 3.14. The van der Waals surface area contributed by atoms with E-state index < -0.39 is 32.4 Å². The van der Waals surface area contributed by atoms with Gasteiger partial charge in [0.15, 0.2) is 0 Å². The number of nitrogens with zero attached hydrogens (tertiary/aromatic N) is 1. The van der Waals surface area contributed by atoms with Crippen LogP contribution in [0.2, 0.25) is 10.0 Å². The number of anilines is 1. The molecule has 0 N–H and O–H groups in total. The second kappa shape index (κ2) is 10.6. The number of sulfonamides is 1. The van der Waals surface area contributed by atoms with Crippen molar-refractivity contribution in [1.82, 2.24) is 0 Å². The minimum atomic E-state index is -4.17. The average molecular weight is 493 g/mol. The van der Waals surface area contributed by atoms with Crippen LogP contribution in [0.25, 0.3) is 0 Å². The lowest BCUT2D eigenvalue weighted by Gasteiger charge is -2.33. The Hall–Kier alpha value is -1.60. The van der Waals surface area contributed by atoms with Gasteiger partial charge in [-0.25, -0.2) is 12.8 Å². The van der Waals surface area contributed by atoms with Crippen LogP contribution >= 0.6 is 34.8 Å². The van der Waals surface area contributed by atoms with E-state index in [0.717, 1.165) is 10.4 Å². The molecule has 0 aliphatic rings. The second-order valence-electron chi connectivity index (χ2n) is 6.74. The number of rotatable bonds is 10. The van der Waals surface area contributed by atoms with Crippen LogP contribution in [0.3, 0.4) is 0 Å². The van der Waals surface area contributed by atoms with Crippen molar-refractivity contribution in [2.24, 2.45) is 0 Å². The normalized spacial score (nSPS) is 13.5. The topological polar surface area (TPSA) is 54.5 Å². The summed E-state index contributed by atoms with van der Waals surface area (Å²) in [6, 6.07) is 9.34. The lowest BCUT2D eigenvalue weighted by molar-refractivity contribution is -0.111. The molecule has 2 aromatic rings. The fourth-order valence-corrected chi connectivity index (χ4v) is 5.57. The zero-order valence-electron chi connectivity index (χ0n) is 16.2. The maximum absolute atomic E-state index is 14.7. The predicted octanol–water partition coefficient (Wildman–Crippen LogP) is 6.52. The molecular weight excluding hydrogens is 472 g/mol. The monoisotopic (exact) mass is 491 g/mol. The summed E-state index contributed by atoms with van der Waals surface area (Å²) in [7, 11) is -4.17. The first kappa shape index (κ1) is 24.7. The molecular formula is C21H21Cl3FNO3S. The highest BCUT2D eigenvalue weighted by atomic mass is 35.5. The molecule has 0 bridgehead atoms. The molecule has 2 rings (SSSR count). The zero-order chi connectivity index (χ0) is 22.5. The summed E-state index contributed by atoms with van der Waals surface area (Å²) >= 11 is 17.3. The zero-order valence-corrected chi connectivity index (χ0v) is 19.3. The van der Waals surface area contributed by atoms with Crippen molar-refractivity contribution in [2.45, 2.75) is 37.5 Å². The molecule has 30 heavy (non-hydrogen) atoms. The summed E-state index contributed by atoms with van der Waals surface area (Å²) in [5.41, 5.74) is 0.262. The molecule has 2 aromatic carbocycles. The van der Waals surface area contributed by atoms with Crippen molar-refractivity contribution in [1.29, 1.82) is 0 Å². The molecule has 0 spiro atoms. The van der Waals surface area contributed by atoms with Crippen LogP contribution in [0.5, 0.6) is 0 Å². The molecule has 162 valence electrons. The molecule has 0 aliphatic carbocycles. The summed E-state index contributed by atoms with van der Waals surface area (Å²) in [5.74, 6) is -0.734. The SMILES string of the molecule is C=CC(c1ccc(Cl)cc1)S(=O)(=O)N(c1cc(Cl)ccc1F)[C@H](C)CCCC(=O)Cl. The Morgan fingerprint density at radius 3 is 2.33 bits per heavy atom. The van der Waals surface area contributed by atoms with Gasteiger partial charge in [0, 0.05) is 22.5 Å². The van der Waals surface area contributed by atoms with Gasteiger partial charge in [-0.05, 0) is 67.3 Å². The van der Waals surface area contributed by atoms with Gasteiger partial charge in [0.05, 0.1) is 5.69 Å². The van der Waals surface area contributed by atoms with Crippen molar-refractivity contribution in [3.63, 3.8) is 0 Å². The van der Waals surface area contributed by atoms with Gasteiger partial charge in [-0.15, -0.1) is 6.58 Å². The van der Waals surface area contributed by atoms with E-state index in [1.54, 1.807) is 31.2 Å². The number of halogens is 4. The number of hydrogen-bond donors (Lipinski definition) is 0.